The predicted molar refractivity (Wildman–Crippen MR) is 146 cm³/mol. The van der Waals surface area contributed by atoms with Gasteiger partial charge in [0, 0.05) is 42.2 Å². The van der Waals surface area contributed by atoms with Gasteiger partial charge in [0.05, 0.1) is 10.3 Å². The van der Waals surface area contributed by atoms with Gasteiger partial charge in [0.25, 0.3) is 11.5 Å². The Morgan fingerprint density at radius 2 is 1.76 bits per heavy atom. The summed E-state index contributed by atoms with van der Waals surface area (Å²) < 4.78 is 27.4. The molecule has 0 bridgehead atoms. The predicted octanol–water partition coefficient (Wildman–Crippen LogP) is 3.98. The molecule has 5 rings (SSSR count). The summed E-state index contributed by atoms with van der Waals surface area (Å²) in [6.45, 7) is 7.00. The summed E-state index contributed by atoms with van der Waals surface area (Å²) in [7, 11) is -3.60. The first-order valence-electron chi connectivity index (χ1n) is 12.2. The molecule has 0 radical (unpaired) electrons. The minimum Gasteiger partial charge on any atom is -0.336 e. The number of amides is 1. The number of benzene rings is 2. The van der Waals surface area contributed by atoms with Crippen molar-refractivity contribution in [1.82, 2.24) is 19.2 Å². The van der Waals surface area contributed by atoms with Gasteiger partial charge in [-0.05, 0) is 55.7 Å². The largest absolute Gasteiger partial charge is 0.336 e. The Kier molecular flexibility index (Phi) is 6.74. The lowest BCUT2D eigenvalue weighted by Crippen LogP contribution is -2.50. The fraction of sp³-hybridized carbons (Fsp3) is 0.296. The average molecular weight is 537 g/mol. The first-order valence-corrected chi connectivity index (χ1v) is 14.4. The maximum Gasteiger partial charge on any atom is 0.260 e. The number of rotatable bonds is 5. The summed E-state index contributed by atoms with van der Waals surface area (Å²) >= 11 is 1.52. The minimum atomic E-state index is -3.60. The van der Waals surface area contributed by atoms with Crippen molar-refractivity contribution in [3.63, 3.8) is 0 Å². The quantitative estimate of drug-likeness (QED) is 0.416. The maximum absolute atomic E-state index is 13.1. The van der Waals surface area contributed by atoms with E-state index in [1.54, 1.807) is 47.4 Å². The number of nitrogens with zero attached hydrogens (tertiary/aromatic N) is 3. The number of aryl methyl sites for hydroxylation is 3. The second-order valence-corrected chi connectivity index (χ2v) is 12.3. The Morgan fingerprint density at radius 3 is 2.41 bits per heavy atom. The fourth-order valence-electron chi connectivity index (χ4n) is 4.75. The van der Waals surface area contributed by atoms with Crippen molar-refractivity contribution in [2.45, 2.75) is 32.1 Å². The zero-order chi connectivity index (χ0) is 26.3. The number of carbonyl (C=O) groups excluding carboxylic acids is 1. The molecule has 8 nitrogen and oxygen atoms in total. The molecule has 0 atom stereocenters. The van der Waals surface area contributed by atoms with Crippen molar-refractivity contribution in [1.29, 1.82) is 0 Å². The lowest BCUT2D eigenvalue weighted by Gasteiger charge is -2.34. The average Bonchev–Trinajstić information content (AvgIpc) is 3.23. The van der Waals surface area contributed by atoms with E-state index in [0.29, 0.717) is 40.3 Å². The number of carbonyl (C=O) groups is 1. The second-order valence-electron chi connectivity index (χ2n) is 9.18. The number of H-pyrrole nitrogens is 1. The molecule has 2 aromatic heterocycles. The Morgan fingerprint density at radius 1 is 1.05 bits per heavy atom. The number of fused-ring (bicyclic) bond motifs is 1. The minimum absolute atomic E-state index is 0.153. The smallest absolute Gasteiger partial charge is 0.260 e. The third-order valence-corrected chi connectivity index (χ3v) is 9.71. The first kappa shape index (κ1) is 25.3. The summed E-state index contributed by atoms with van der Waals surface area (Å²) in [5, 5.41) is 0.657. The molecule has 1 amide bonds. The van der Waals surface area contributed by atoms with Gasteiger partial charge in [-0.15, -0.1) is 11.3 Å². The van der Waals surface area contributed by atoms with Crippen LogP contribution in [0.15, 0.2) is 58.2 Å². The maximum atomic E-state index is 13.1. The molecular weight excluding hydrogens is 508 g/mol. The van der Waals surface area contributed by atoms with Crippen LogP contribution >= 0.6 is 11.3 Å². The van der Waals surface area contributed by atoms with Gasteiger partial charge in [-0.2, -0.15) is 4.31 Å². The molecule has 1 saturated heterocycles. The molecule has 0 spiro atoms. The van der Waals surface area contributed by atoms with E-state index in [2.05, 4.69) is 9.97 Å². The van der Waals surface area contributed by atoms with Crippen LogP contribution < -0.4 is 5.56 Å². The number of aromatic nitrogens is 2. The number of sulfonamides is 1. The van der Waals surface area contributed by atoms with Crippen molar-refractivity contribution >= 4 is 37.5 Å². The van der Waals surface area contributed by atoms with E-state index in [4.69, 9.17) is 0 Å². The van der Waals surface area contributed by atoms with E-state index in [1.807, 2.05) is 26.8 Å². The van der Waals surface area contributed by atoms with E-state index < -0.39 is 10.0 Å². The molecule has 3 heterocycles. The van der Waals surface area contributed by atoms with Crippen molar-refractivity contribution in [3.05, 3.63) is 80.5 Å². The van der Waals surface area contributed by atoms with E-state index in [1.165, 1.54) is 15.6 Å². The monoisotopic (exact) mass is 536 g/mol. The van der Waals surface area contributed by atoms with E-state index in [9.17, 15) is 18.0 Å². The van der Waals surface area contributed by atoms with Crippen LogP contribution in [0.3, 0.4) is 0 Å². The van der Waals surface area contributed by atoms with Gasteiger partial charge >= 0.3 is 0 Å². The van der Waals surface area contributed by atoms with Gasteiger partial charge in [0.2, 0.25) is 10.0 Å². The Hall–Kier alpha value is -3.34. The molecule has 1 aliphatic rings. The highest BCUT2D eigenvalue weighted by atomic mass is 32.2. The standard InChI is InChI=1S/C27H28N4O4S2/c1-4-22-18(3)36-26-23(22)25(32)28-24(29-26)19-8-10-20(11-9-19)27(33)30-12-14-31(15-13-30)37(34,35)21-7-5-6-17(2)16-21/h5-11,16H,4,12-15H2,1-3H3,(H,28,29,32). The highest BCUT2D eigenvalue weighted by Gasteiger charge is 2.30. The Bertz CT molecular complexity index is 1650. The van der Waals surface area contributed by atoms with E-state index >= 15 is 0 Å². The summed E-state index contributed by atoms with van der Waals surface area (Å²) in [4.78, 5) is 37.2. The molecular formula is C27H28N4O4S2. The van der Waals surface area contributed by atoms with Crippen LogP contribution in [0.2, 0.25) is 0 Å². The molecule has 37 heavy (non-hydrogen) atoms. The van der Waals surface area contributed by atoms with Crippen LogP contribution in [0.4, 0.5) is 0 Å². The lowest BCUT2D eigenvalue weighted by atomic mass is 10.1. The van der Waals surface area contributed by atoms with Crippen LogP contribution in [0.25, 0.3) is 21.6 Å². The molecule has 0 unspecified atom stereocenters. The van der Waals surface area contributed by atoms with Crippen molar-refractivity contribution in [2.24, 2.45) is 0 Å². The lowest BCUT2D eigenvalue weighted by molar-refractivity contribution is 0.0698. The summed E-state index contributed by atoms with van der Waals surface area (Å²) in [6.07, 6.45) is 0.777. The normalized spacial score (nSPS) is 14.8. The number of nitrogens with one attached hydrogen (secondary N) is 1. The molecule has 192 valence electrons. The number of aromatic amines is 1. The third kappa shape index (κ3) is 4.72. The SMILES string of the molecule is CCc1c(C)sc2nc(-c3ccc(C(=O)N4CCN(S(=O)(=O)c5cccc(C)c5)CC4)cc3)[nH]c(=O)c12. The van der Waals surface area contributed by atoms with Gasteiger partial charge in [-0.25, -0.2) is 13.4 Å². The number of hydrogen-bond acceptors (Lipinski definition) is 6. The van der Waals surface area contributed by atoms with Gasteiger partial charge in [-0.3, -0.25) is 9.59 Å². The molecule has 1 aliphatic heterocycles. The fourth-order valence-corrected chi connectivity index (χ4v) is 7.39. The molecule has 2 aromatic carbocycles. The van der Waals surface area contributed by atoms with Crippen molar-refractivity contribution in [2.75, 3.05) is 26.2 Å². The van der Waals surface area contributed by atoms with Gasteiger partial charge in [0.15, 0.2) is 0 Å². The number of hydrogen-bond donors (Lipinski definition) is 1. The topological polar surface area (TPSA) is 103 Å². The highest BCUT2D eigenvalue weighted by Crippen LogP contribution is 2.29. The molecule has 0 saturated carbocycles. The van der Waals surface area contributed by atoms with Crippen LogP contribution in [0.5, 0.6) is 0 Å². The molecule has 4 aromatic rings. The zero-order valence-electron chi connectivity index (χ0n) is 20.9. The van der Waals surface area contributed by atoms with Crippen molar-refractivity contribution < 1.29 is 13.2 Å². The summed E-state index contributed by atoms with van der Waals surface area (Å²) in [5.41, 5.74) is 2.98. The Balaban J connectivity index is 1.29. The van der Waals surface area contributed by atoms with Crippen LogP contribution in [-0.4, -0.2) is 59.7 Å². The van der Waals surface area contributed by atoms with Gasteiger partial charge in [-0.1, -0.05) is 31.2 Å². The van der Waals surface area contributed by atoms with Crippen LogP contribution in [-0.2, 0) is 16.4 Å². The second kappa shape index (κ2) is 9.85. The van der Waals surface area contributed by atoms with Gasteiger partial charge in [0.1, 0.15) is 10.7 Å². The zero-order valence-corrected chi connectivity index (χ0v) is 22.6. The van der Waals surface area contributed by atoms with Crippen LogP contribution in [0.1, 0.15) is 33.3 Å². The van der Waals surface area contributed by atoms with E-state index in [-0.39, 0.29) is 29.5 Å². The van der Waals surface area contributed by atoms with Crippen LogP contribution in [0, 0.1) is 13.8 Å². The molecule has 1 N–H and O–H groups in total. The first-order chi connectivity index (χ1) is 17.7. The van der Waals surface area contributed by atoms with Crippen molar-refractivity contribution in [3.8, 4) is 11.4 Å². The third-order valence-electron chi connectivity index (χ3n) is 6.77. The van der Waals surface area contributed by atoms with Gasteiger partial charge < -0.3 is 9.88 Å². The number of thiophene rings is 1. The highest BCUT2D eigenvalue weighted by molar-refractivity contribution is 7.89. The summed E-state index contributed by atoms with van der Waals surface area (Å²) in [6, 6.07) is 13.8. The molecule has 1 fully saturated rings. The Labute approximate surface area is 219 Å². The summed E-state index contributed by atoms with van der Waals surface area (Å²) in [5.74, 6) is 0.313. The van der Waals surface area contributed by atoms with E-state index in [0.717, 1.165) is 22.4 Å². The number of piperazine rings is 1. The molecule has 0 aliphatic carbocycles. The molecule has 10 heteroatoms.